The maximum absolute atomic E-state index is 12.7. The standard InChI is InChI=1S/C23H25N5O/c1-16-3-5-18(6-4-16)21-22(24)25-15-20(26-21)17-7-9-19(10-8-17)23(29)28-13-11-27(2)12-14-28/h3-10,15H,11-14H2,1-2H3,(H2,24,25). The minimum Gasteiger partial charge on any atom is -0.382 e. The molecule has 1 aromatic heterocycles. The van der Waals surface area contributed by atoms with Gasteiger partial charge in [0.2, 0.25) is 0 Å². The highest BCUT2D eigenvalue weighted by Gasteiger charge is 2.20. The predicted octanol–water partition coefficient (Wildman–Crippen LogP) is 3.09. The summed E-state index contributed by atoms with van der Waals surface area (Å²) in [5, 5.41) is 0. The number of amides is 1. The number of hydrogen-bond donors (Lipinski definition) is 1. The number of likely N-dealkylation sites (N-methyl/N-ethyl adjacent to an activating group) is 1. The Morgan fingerprint density at radius 3 is 2.21 bits per heavy atom. The molecule has 0 radical (unpaired) electrons. The third kappa shape index (κ3) is 4.12. The Kier molecular flexibility index (Phi) is 5.27. The summed E-state index contributed by atoms with van der Waals surface area (Å²) in [6, 6.07) is 15.6. The number of aromatic nitrogens is 2. The van der Waals surface area contributed by atoms with Gasteiger partial charge in [-0.1, -0.05) is 42.0 Å². The normalized spacial score (nSPS) is 14.8. The Morgan fingerprint density at radius 1 is 0.931 bits per heavy atom. The third-order valence-corrected chi connectivity index (χ3v) is 5.34. The number of benzene rings is 2. The van der Waals surface area contributed by atoms with Gasteiger partial charge in [0, 0.05) is 42.9 Å². The van der Waals surface area contributed by atoms with E-state index in [4.69, 9.17) is 10.7 Å². The Balaban J connectivity index is 1.57. The molecule has 1 saturated heterocycles. The molecular formula is C23H25N5O. The van der Waals surface area contributed by atoms with Crippen molar-refractivity contribution in [1.29, 1.82) is 0 Å². The number of nitrogens with two attached hydrogens (primary N) is 1. The highest BCUT2D eigenvalue weighted by molar-refractivity contribution is 5.94. The summed E-state index contributed by atoms with van der Waals surface area (Å²) in [5.41, 5.74) is 11.2. The average Bonchev–Trinajstić information content (AvgIpc) is 2.75. The maximum Gasteiger partial charge on any atom is 0.253 e. The molecule has 1 amide bonds. The highest BCUT2D eigenvalue weighted by atomic mass is 16.2. The first kappa shape index (κ1) is 19.1. The zero-order chi connectivity index (χ0) is 20.4. The molecule has 0 bridgehead atoms. The van der Waals surface area contributed by atoms with Gasteiger partial charge in [-0.2, -0.15) is 0 Å². The molecule has 1 fully saturated rings. The molecule has 4 rings (SSSR count). The van der Waals surface area contributed by atoms with Crippen molar-refractivity contribution in [3.05, 3.63) is 65.9 Å². The highest BCUT2D eigenvalue weighted by Crippen LogP contribution is 2.26. The van der Waals surface area contributed by atoms with Crippen LogP contribution >= 0.6 is 0 Å². The van der Waals surface area contributed by atoms with E-state index in [1.807, 2.05) is 60.4 Å². The fourth-order valence-electron chi connectivity index (χ4n) is 3.44. The zero-order valence-electron chi connectivity index (χ0n) is 16.8. The van der Waals surface area contributed by atoms with Gasteiger partial charge < -0.3 is 15.5 Å². The number of hydrogen-bond acceptors (Lipinski definition) is 5. The topological polar surface area (TPSA) is 75.4 Å². The van der Waals surface area contributed by atoms with E-state index in [0.29, 0.717) is 17.1 Å². The van der Waals surface area contributed by atoms with Crippen LogP contribution < -0.4 is 5.73 Å². The van der Waals surface area contributed by atoms with Gasteiger partial charge >= 0.3 is 0 Å². The van der Waals surface area contributed by atoms with Crippen LogP contribution in [-0.2, 0) is 0 Å². The van der Waals surface area contributed by atoms with E-state index >= 15 is 0 Å². The number of rotatable bonds is 3. The van der Waals surface area contributed by atoms with E-state index in [9.17, 15) is 4.79 Å². The molecule has 6 heteroatoms. The molecule has 2 N–H and O–H groups in total. The van der Waals surface area contributed by atoms with Crippen molar-refractivity contribution in [1.82, 2.24) is 19.8 Å². The Labute approximate surface area is 171 Å². The lowest BCUT2D eigenvalue weighted by molar-refractivity contribution is 0.0664. The maximum atomic E-state index is 12.7. The molecule has 6 nitrogen and oxygen atoms in total. The second-order valence-corrected chi connectivity index (χ2v) is 7.53. The van der Waals surface area contributed by atoms with E-state index < -0.39 is 0 Å². The van der Waals surface area contributed by atoms with Gasteiger partial charge in [-0.15, -0.1) is 0 Å². The summed E-state index contributed by atoms with van der Waals surface area (Å²) in [5.74, 6) is 0.479. The molecule has 0 spiro atoms. The van der Waals surface area contributed by atoms with Crippen molar-refractivity contribution in [2.24, 2.45) is 0 Å². The monoisotopic (exact) mass is 387 g/mol. The largest absolute Gasteiger partial charge is 0.382 e. The molecular weight excluding hydrogens is 362 g/mol. The molecule has 29 heavy (non-hydrogen) atoms. The van der Waals surface area contributed by atoms with Gasteiger partial charge in [0.15, 0.2) is 0 Å². The van der Waals surface area contributed by atoms with Crippen molar-refractivity contribution in [3.8, 4) is 22.5 Å². The second kappa shape index (κ2) is 8.01. The summed E-state index contributed by atoms with van der Waals surface area (Å²) >= 11 is 0. The van der Waals surface area contributed by atoms with E-state index in [1.165, 1.54) is 5.56 Å². The van der Waals surface area contributed by atoms with Gasteiger partial charge in [-0.3, -0.25) is 4.79 Å². The first-order chi connectivity index (χ1) is 14.0. The number of nitrogen functional groups attached to an aromatic ring is 1. The van der Waals surface area contributed by atoms with Gasteiger partial charge in [0.1, 0.15) is 11.5 Å². The number of nitrogens with zero attached hydrogens (tertiary/aromatic N) is 4. The van der Waals surface area contributed by atoms with Crippen LogP contribution in [0.2, 0.25) is 0 Å². The summed E-state index contributed by atoms with van der Waals surface area (Å²) in [4.78, 5) is 25.9. The Morgan fingerprint density at radius 2 is 1.55 bits per heavy atom. The van der Waals surface area contributed by atoms with Gasteiger partial charge in [-0.25, -0.2) is 9.97 Å². The predicted molar refractivity (Wildman–Crippen MR) is 115 cm³/mol. The SMILES string of the molecule is Cc1ccc(-c2nc(-c3ccc(C(=O)N4CCN(C)CC4)cc3)cnc2N)cc1. The van der Waals surface area contributed by atoms with Crippen molar-refractivity contribution >= 4 is 11.7 Å². The Bertz CT molecular complexity index is 1010. The van der Waals surface area contributed by atoms with Crippen LogP contribution in [0.4, 0.5) is 5.82 Å². The molecule has 2 heterocycles. The number of aryl methyl sites for hydroxylation is 1. The minimum atomic E-state index is 0.0772. The summed E-state index contributed by atoms with van der Waals surface area (Å²) in [7, 11) is 2.08. The van der Waals surface area contributed by atoms with Crippen LogP contribution in [0.3, 0.4) is 0 Å². The lowest BCUT2D eigenvalue weighted by Crippen LogP contribution is -2.47. The molecule has 148 valence electrons. The number of anilines is 1. The van der Waals surface area contributed by atoms with Crippen LogP contribution in [-0.4, -0.2) is 58.9 Å². The molecule has 0 atom stereocenters. The van der Waals surface area contributed by atoms with E-state index in [2.05, 4.69) is 16.9 Å². The first-order valence-electron chi connectivity index (χ1n) is 9.79. The molecule has 1 aliphatic rings. The quantitative estimate of drug-likeness (QED) is 0.747. The molecule has 3 aromatic rings. The van der Waals surface area contributed by atoms with E-state index in [0.717, 1.165) is 43.0 Å². The van der Waals surface area contributed by atoms with Crippen LogP contribution in [0.5, 0.6) is 0 Å². The van der Waals surface area contributed by atoms with Gasteiger partial charge in [0.25, 0.3) is 5.91 Å². The Hall–Kier alpha value is -3.25. The molecule has 1 aliphatic heterocycles. The van der Waals surface area contributed by atoms with Crippen molar-refractivity contribution in [3.63, 3.8) is 0 Å². The van der Waals surface area contributed by atoms with E-state index in [-0.39, 0.29) is 5.91 Å². The summed E-state index contributed by atoms with van der Waals surface area (Å²) in [6.07, 6.45) is 1.67. The van der Waals surface area contributed by atoms with Crippen LogP contribution in [0.1, 0.15) is 15.9 Å². The van der Waals surface area contributed by atoms with Gasteiger partial charge in [0.05, 0.1) is 11.9 Å². The lowest BCUT2D eigenvalue weighted by atomic mass is 10.1. The molecule has 0 saturated carbocycles. The van der Waals surface area contributed by atoms with Crippen molar-refractivity contribution in [2.45, 2.75) is 6.92 Å². The van der Waals surface area contributed by atoms with Crippen LogP contribution in [0, 0.1) is 6.92 Å². The van der Waals surface area contributed by atoms with Crippen LogP contribution in [0.15, 0.2) is 54.7 Å². The summed E-state index contributed by atoms with van der Waals surface area (Å²) < 4.78 is 0. The third-order valence-electron chi connectivity index (χ3n) is 5.34. The average molecular weight is 387 g/mol. The molecule has 2 aromatic carbocycles. The zero-order valence-corrected chi connectivity index (χ0v) is 16.8. The first-order valence-corrected chi connectivity index (χ1v) is 9.79. The number of carbonyl (C=O) groups is 1. The fourth-order valence-corrected chi connectivity index (χ4v) is 3.44. The fraction of sp³-hybridized carbons (Fsp3) is 0.261. The van der Waals surface area contributed by atoms with Crippen molar-refractivity contribution < 1.29 is 4.79 Å². The number of piperazine rings is 1. The molecule has 0 aliphatic carbocycles. The van der Waals surface area contributed by atoms with Crippen LogP contribution in [0.25, 0.3) is 22.5 Å². The van der Waals surface area contributed by atoms with Gasteiger partial charge in [-0.05, 0) is 26.1 Å². The minimum absolute atomic E-state index is 0.0772. The number of carbonyl (C=O) groups excluding carboxylic acids is 1. The lowest BCUT2D eigenvalue weighted by Gasteiger charge is -2.32. The smallest absolute Gasteiger partial charge is 0.253 e. The van der Waals surface area contributed by atoms with Crippen molar-refractivity contribution in [2.75, 3.05) is 39.0 Å². The second-order valence-electron chi connectivity index (χ2n) is 7.53. The van der Waals surface area contributed by atoms with E-state index in [1.54, 1.807) is 6.20 Å². The molecule has 0 unspecified atom stereocenters. The summed E-state index contributed by atoms with van der Waals surface area (Å²) in [6.45, 7) is 5.39.